The van der Waals surface area contributed by atoms with Crippen LogP contribution >= 0.6 is 15.9 Å². The van der Waals surface area contributed by atoms with E-state index in [4.69, 9.17) is 0 Å². The highest BCUT2D eigenvalue weighted by atomic mass is 79.9. The zero-order valence-electron chi connectivity index (χ0n) is 11.5. The molecule has 2 rings (SSSR count). The van der Waals surface area contributed by atoms with Crippen LogP contribution in [-0.4, -0.2) is 19.4 Å². The first-order chi connectivity index (χ1) is 10.3. The van der Waals surface area contributed by atoms with Gasteiger partial charge in [-0.1, -0.05) is 28.1 Å². The monoisotopic (exact) mass is 384 g/mol. The highest BCUT2D eigenvalue weighted by Crippen LogP contribution is 2.20. The predicted molar refractivity (Wildman–Crippen MR) is 84.8 cm³/mol. The van der Waals surface area contributed by atoms with Crippen LogP contribution in [0.5, 0.6) is 5.75 Å². The summed E-state index contributed by atoms with van der Waals surface area (Å²) in [6, 6.07) is 10.3. The van der Waals surface area contributed by atoms with Crippen molar-refractivity contribution in [3.8, 4) is 5.75 Å². The second-order valence-electron chi connectivity index (χ2n) is 4.49. The van der Waals surface area contributed by atoms with Gasteiger partial charge >= 0.3 is 0 Å². The third-order valence-corrected chi connectivity index (χ3v) is 5.02. The van der Waals surface area contributed by atoms with Crippen LogP contribution in [0, 0.1) is 6.92 Å². The molecule has 1 amide bonds. The van der Waals surface area contributed by atoms with Gasteiger partial charge in [-0.3, -0.25) is 10.2 Å². The Bertz CT molecular complexity index is 821. The van der Waals surface area contributed by atoms with Gasteiger partial charge in [-0.15, -0.1) is 4.83 Å². The van der Waals surface area contributed by atoms with Crippen molar-refractivity contribution in [1.29, 1.82) is 0 Å². The maximum absolute atomic E-state index is 12.1. The molecule has 0 unspecified atom stereocenters. The van der Waals surface area contributed by atoms with E-state index in [0.717, 1.165) is 10.0 Å². The van der Waals surface area contributed by atoms with E-state index in [1.54, 1.807) is 25.1 Å². The van der Waals surface area contributed by atoms with Crippen molar-refractivity contribution < 1.29 is 18.3 Å². The summed E-state index contributed by atoms with van der Waals surface area (Å²) in [5.74, 6) is -0.991. The molecule has 0 atom stereocenters. The lowest BCUT2D eigenvalue weighted by Crippen LogP contribution is -2.41. The van der Waals surface area contributed by atoms with E-state index >= 15 is 0 Å². The van der Waals surface area contributed by atoms with Crippen LogP contribution < -0.4 is 10.3 Å². The van der Waals surface area contributed by atoms with E-state index in [2.05, 4.69) is 21.4 Å². The molecule has 22 heavy (non-hydrogen) atoms. The summed E-state index contributed by atoms with van der Waals surface area (Å²) in [6.45, 7) is 1.75. The van der Waals surface area contributed by atoms with Crippen LogP contribution in [0.25, 0.3) is 0 Å². The lowest BCUT2D eigenvalue weighted by atomic mass is 10.2. The molecule has 0 spiro atoms. The average Bonchev–Trinajstić information content (AvgIpc) is 2.48. The molecular weight excluding hydrogens is 372 g/mol. The number of hydrogen-bond donors (Lipinski definition) is 3. The summed E-state index contributed by atoms with van der Waals surface area (Å²) < 4.78 is 25.0. The minimum atomic E-state index is -3.90. The van der Waals surface area contributed by atoms with Crippen LogP contribution in [-0.2, 0) is 10.0 Å². The normalized spacial score (nSPS) is 11.2. The molecule has 0 bridgehead atoms. The molecule has 0 radical (unpaired) electrons. The fraction of sp³-hybridized carbons (Fsp3) is 0.0714. The number of para-hydroxylation sites is 1. The van der Waals surface area contributed by atoms with Crippen molar-refractivity contribution in [2.75, 3.05) is 0 Å². The molecule has 0 heterocycles. The highest BCUT2D eigenvalue weighted by Gasteiger charge is 2.17. The number of hydrazine groups is 1. The molecule has 0 saturated carbocycles. The molecule has 0 aliphatic carbocycles. The quantitative estimate of drug-likeness (QED) is 0.703. The standard InChI is InChI=1S/C14H13BrN2O4S/c1-9-8-10(6-7-12(9)15)22(20,21)17-16-14(19)11-4-2-3-5-13(11)18/h2-8,17-18H,1H3,(H,16,19). The number of carbonyl (C=O) groups is 1. The lowest BCUT2D eigenvalue weighted by Gasteiger charge is -2.10. The maximum atomic E-state index is 12.1. The van der Waals surface area contributed by atoms with Crippen molar-refractivity contribution in [2.24, 2.45) is 0 Å². The number of benzene rings is 2. The Labute approximate surface area is 136 Å². The van der Waals surface area contributed by atoms with Crippen molar-refractivity contribution >= 4 is 31.9 Å². The molecule has 3 N–H and O–H groups in total. The van der Waals surface area contributed by atoms with Crippen molar-refractivity contribution in [1.82, 2.24) is 10.3 Å². The zero-order valence-corrected chi connectivity index (χ0v) is 13.9. The number of sulfonamides is 1. The zero-order chi connectivity index (χ0) is 16.3. The molecule has 2 aromatic carbocycles. The molecule has 0 saturated heterocycles. The molecule has 6 nitrogen and oxygen atoms in total. The summed E-state index contributed by atoms with van der Waals surface area (Å²) in [5, 5.41) is 9.55. The number of phenols is 1. The number of aromatic hydroxyl groups is 1. The number of halogens is 1. The number of aryl methyl sites for hydroxylation is 1. The summed E-state index contributed by atoms with van der Waals surface area (Å²) in [7, 11) is -3.90. The van der Waals surface area contributed by atoms with Gasteiger partial charge in [0.15, 0.2) is 0 Å². The molecular formula is C14H13BrN2O4S. The van der Waals surface area contributed by atoms with E-state index in [-0.39, 0.29) is 16.2 Å². The summed E-state index contributed by atoms with van der Waals surface area (Å²) in [5.41, 5.74) is 2.78. The Hall–Kier alpha value is -1.90. The Morgan fingerprint density at radius 1 is 1.18 bits per heavy atom. The van der Waals surface area contributed by atoms with E-state index in [0.29, 0.717) is 0 Å². The third-order valence-electron chi connectivity index (χ3n) is 2.89. The number of carbonyl (C=O) groups excluding carboxylic acids is 1. The molecule has 2 aromatic rings. The number of hydrogen-bond acceptors (Lipinski definition) is 4. The first-order valence-corrected chi connectivity index (χ1v) is 8.45. The summed E-state index contributed by atoms with van der Waals surface area (Å²) in [6.07, 6.45) is 0. The van der Waals surface area contributed by atoms with E-state index in [1.165, 1.54) is 24.3 Å². The predicted octanol–water partition coefficient (Wildman–Crippen LogP) is 2.09. The molecule has 0 aliphatic rings. The summed E-state index contributed by atoms with van der Waals surface area (Å²) >= 11 is 3.28. The summed E-state index contributed by atoms with van der Waals surface area (Å²) in [4.78, 5) is 13.9. The minimum Gasteiger partial charge on any atom is -0.507 e. The first-order valence-electron chi connectivity index (χ1n) is 6.17. The average molecular weight is 385 g/mol. The molecule has 0 fully saturated rings. The van der Waals surface area contributed by atoms with Crippen LogP contribution in [0.1, 0.15) is 15.9 Å². The van der Waals surface area contributed by atoms with Gasteiger partial charge < -0.3 is 5.11 Å². The fourth-order valence-corrected chi connectivity index (χ4v) is 2.86. The van der Waals surface area contributed by atoms with Gasteiger partial charge in [0.25, 0.3) is 15.9 Å². The third kappa shape index (κ3) is 3.65. The van der Waals surface area contributed by atoms with Crippen molar-refractivity contribution in [3.63, 3.8) is 0 Å². The number of phenolic OH excluding ortho intramolecular Hbond substituents is 1. The topological polar surface area (TPSA) is 95.5 Å². The lowest BCUT2D eigenvalue weighted by molar-refractivity contribution is 0.0942. The van der Waals surface area contributed by atoms with Crippen LogP contribution in [0.15, 0.2) is 51.8 Å². The smallest absolute Gasteiger partial charge is 0.269 e. The Morgan fingerprint density at radius 3 is 2.50 bits per heavy atom. The van der Waals surface area contributed by atoms with Crippen LogP contribution in [0.3, 0.4) is 0 Å². The number of rotatable bonds is 4. The number of nitrogens with one attached hydrogen (secondary N) is 2. The molecule has 116 valence electrons. The first kappa shape index (κ1) is 16.5. The van der Waals surface area contributed by atoms with Gasteiger partial charge in [0, 0.05) is 4.47 Å². The van der Waals surface area contributed by atoms with E-state index in [1.807, 2.05) is 4.83 Å². The molecule has 0 aromatic heterocycles. The molecule has 0 aliphatic heterocycles. The van der Waals surface area contributed by atoms with Gasteiger partial charge in [-0.05, 0) is 42.8 Å². The van der Waals surface area contributed by atoms with E-state index in [9.17, 15) is 18.3 Å². The Kier molecular flexibility index (Phi) is 4.84. The van der Waals surface area contributed by atoms with Crippen molar-refractivity contribution in [2.45, 2.75) is 11.8 Å². The molecule has 8 heteroatoms. The van der Waals surface area contributed by atoms with Gasteiger partial charge in [-0.2, -0.15) is 0 Å². The second-order valence-corrected chi connectivity index (χ2v) is 7.02. The maximum Gasteiger partial charge on any atom is 0.269 e. The van der Waals surface area contributed by atoms with Gasteiger partial charge in [-0.25, -0.2) is 8.42 Å². The SMILES string of the molecule is Cc1cc(S(=O)(=O)NNC(=O)c2ccccc2O)ccc1Br. The Morgan fingerprint density at radius 2 is 1.86 bits per heavy atom. The van der Waals surface area contributed by atoms with E-state index < -0.39 is 15.9 Å². The highest BCUT2D eigenvalue weighted by molar-refractivity contribution is 9.10. The second kappa shape index (κ2) is 6.47. The van der Waals surface area contributed by atoms with Crippen LogP contribution in [0.4, 0.5) is 0 Å². The van der Waals surface area contributed by atoms with Gasteiger partial charge in [0.05, 0.1) is 10.5 Å². The largest absolute Gasteiger partial charge is 0.507 e. The Balaban J connectivity index is 2.14. The van der Waals surface area contributed by atoms with Crippen LogP contribution in [0.2, 0.25) is 0 Å². The minimum absolute atomic E-state index is 0.0192. The fourth-order valence-electron chi connectivity index (χ4n) is 1.69. The van der Waals surface area contributed by atoms with Gasteiger partial charge in [0.2, 0.25) is 0 Å². The number of amides is 1. The van der Waals surface area contributed by atoms with Gasteiger partial charge in [0.1, 0.15) is 5.75 Å². The van der Waals surface area contributed by atoms with Crippen molar-refractivity contribution in [3.05, 3.63) is 58.1 Å².